The average molecular weight is 444 g/mol. The first-order valence-electron chi connectivity index (χ1n) is 10.0. The SMILES string of the molecule is C[C@@H](c1ccccc1)N1C=C(C2=CN([C@@H](C)c3ccccc3)C(=O)C2(F)F)C(F)(F)C1=O. The Labute approximate surface area is 182 Å². The van der Waals surface area contributed by atoms with Crippen LogP contribution in [0.1, 0.15) is 37.1 Å². The van der Waals surface area contributed by atoms with E-state index in [-0.39, 0.29) is 0 Å². The number of amides is 2. The minimum Gasteiger partial charge on any atom is -0.306 e. The van der Waals surface area contributed by atoms with Gasteiger partial charge in [0.05, 0.1) is 23.2 Å². The lowest BCUT2D eigenvalue weighted by Gasteiger charge is -2.23. The molecular weight excluding hydrogens is 424 g/mol. The number of halogens is 4. The summed E-state index contributed by atoms with van der Waals surface area (Å²) in [6.07, 6.45) is 1.48. The Kier molecular flexibility index (Phi) is 5.19. The van der Waals surface area contributed by atoms with Gasteiger partial charge in [0.2, 0.25) is 0 Å². The summed E-state index contributed by atoms with van der Waals surface area (Å²) in [5, 5.41) is 0. The number of carbonyl (C=O) groups is 2. The third-order valence-electron chi connectivity index (χ3n) is 5.91. The van der Waals surface area contributed by atoms with E-state index in [4.69, 9.17) is 0 Å². The molecule has 0 bridgehead atoms. The highest BCUT2D eigenvalue weighted by Crippen LogP contribution is 2.49. The monoisotopic (exact) mass is 444 g/mol. The Hall–Kier alpha value is -3.42. The molecule has 0 saturated heterocycles. The van der Waals surface area contributed by atoms with E-state index in [2.05, 4.69) is 0 Å². The zero-order chi connectivity index (χ0) is 23.3. The molecule has 0 fully saturated rings. The van der Waals surface area contributed by atoms with Crippen molar-refractivity contribution in [1.29, 1.82) is 0 Å². The van der Waals surface area contributed by atoms with Gasteiger partial charge in [0.25, 0.3) is 0 Å². The summed E-state index contributed by atoms with van der Waals surface area (Å²) in [5.74, 6) is -11.6. The van der Waals surface area contributed by atoms with E-state index in [0.717, 1.165) is 22.2 Å². The van der Waals surface area contributed by atoms with Crippen molar-refractivity contribution in [3.05, 3.63) is 95.3 Å². The van der Waals surface area contributed by atoms with Crippen molar-refractivity contribution in [2.24, 2.45) is 0 Å². The lowest BCUT2D eigenvalue weighted by Crippen LogP contribution is -2.40. The van der Waals surface area contributed by atoms with Crippen LogP contribution in [0.15, 0.2) is 84.2 Å². The summed E-state index contributed by atoms with van der Waals surface area (Å²) >= 11 is 0. The van der Waals surface area contributed by atoms with Crippen LogP contribution in [0.5, 0.6) is 0 Å². The first-order valence-corrected chi connectivity index (χ1v) is 10.0. The second-order valence-corrected chi connectivity index (χ2v) is 7.83. The summed E-state index contributed by atoms with van der Waals surface area (Å²) in [6.45, 7) is 3.05. The second-order valence-electron chi connectivity index (χ2n) is 7.83. The first kappa shape index (κ1) is 21.8. The van der Waals surface area contributed by atoms with Gasteiger partial charge < -0.3 is 9.80 Å². The van der Waals surface area contributed by atoms with Gasteiger partial charge in [-0.3, -0.25) is 9.59 Å². The number of rotatable bonds is 5. The highest BCUT2D eigenvalue weighted by Gasteiger charge is 2.62. The molecule has 0 N–H and O–H groups in total. The maximum Gasteiger partial charge on any atom is 0.352 e. The molecule has 4 rings (SSSR count). The number of carbonyl (C=O) groups excluding carboxylic acids is 2. The Morgan fingerprint density at radius 3 is 1.25 bits per heavy atom. The Bertz CT molecular complexity index is 1020. The lowest BCUT2D eigenvalue weighted by atomic mass is 9.99. The molecule has 2 aromatic carbocycles. The van der Waals surface area contributed by atoms with Crippen molar-refractivity contribution in [1.82, 2.24) is 9.80 Å². The summed E-state index contributed by atoms with van der Waals surface area (Å²) in [4.78, 5) is 26.5. The van der Waals surface area contributed by atoms with E-state index in [0.29, 0.717) is 11.1 Å². The minimum atomic E-state index is -4.19. The molecule has 8 heteroatoms. The molecule has 2 heterocycles. The van der Waals surface area contributed by atoms with Gasteiger partial charge >= 0.3 is 23.7 Å². The van der Waals surface area contributed by atoms with Gasteiger partial charge in [0.15, 0.2) is 0 Å². The maximum atomic E-state index is 14.9. The predicted octanol–water partition coefficient (Wildman–Crippen LogP) is 5.23. The smallest absolute Gasteiger partial charge is 0.306 e. The summed E-state index contributed by atoms with van der Waals surface area (Å²) in [6, 6.07) is 15.2. The Balaban J connectivity index is 1.74. The molecule has 2 atom stereocenters. The lowest BCUT2D eigenvalue weighted by molar-refractivity contribution is -0.150. The predicted molar refractivity (Wildman–Crippen MR) is 109 cm³/mol. The van der Waals surface area contributed by atoms with Crippen LogP contribution in [0.2, 0.25) is 0 Å². The van der Waals surface area contributed by atoms with Crippen LogP contribution in [0.4, 0.5) is 17.6 Å². The van der Waals surface area contributed by atoms with Gasteiger partial charge in [0.1, 0.15) is 0 Å². The number of nitrogens with zero attached hydrogens (tertiary/aromatic N) is 2. The van der Waals surface area contributed by atoms with Gasteiger partial charge in [-0.15, -0.1) is 0 Å². The van der Waals surface area contributed by atoms with Gasteiger partial charge in [-0.05, 0) is 25.0 Å². The van der Waals surface area contributed by atoms with Crippen molar-refractivity contribution < 1.29 is 27.2 Å². The van der Waals surface area contributed by atoms with Crippen molar-refractivity contribution >= 4 is 11.8 Å². The summed E-state index contributed by atoms with van der Waals surface area (Å²) < 4.78 is 59.8. The van der Waals surface area contributed by atoms with E-state index in [9.17, 15) is 27.2 Å². The average Bonchev–Trinajstić information content (AvgIpc) is 3.17. The summed E-state index contributed by atoms with van der Waals surface area (Å²) in [5.41, 5.74) is -1.19. The molecule has 0 aromatic heterocycles. The van der Waals surface area contributed by atoms with Gasteiger partial charge in [0, 0.05) is 12.4 Å². The maximum absolute atomic E-state index is 14.9. The highest BCUT2D eigenvalue weighted by atomic mass is 19.3. The molecule has 2 aliphatic rings. The van der Waals surface area contributed by atoms with Crippen LogP contribution in [0.3, 0.4) is 0 Å². The molecule has 2 amide bonds. The fourth-order valence-electron chi connectivity index (χ4n) is 3.95. The molecule has 0 spiro atoms. The molecular formula is C24H20F4N2O2. The van der Waals surface area contributed by atoms with E-state index >= 15 is 0 Å². The molecule has 0 radical (unpaired) electrons. The van der Waals surface area contributed by atoms with Crippen molar-refractivity contribution in [2.75, 3.05) is 0 Å². The third-order valence-corrected chi connectivity index (χ3v) is 5.91. The number of hydrogen-bond donors (Lipinski definition) is 0. The molecule has 0 saturated carbocycles. The van der Waals surface area contributed by atoms with Crippen LogP contribution in [-0.2, 0) is 9.59 Å². The zero-order valence-electron chi connectivity index (χ0n) is 17.3. The van der Waals surface area contributed by atoms with E-state index in [1.165, 1.54) is 13.8 Å². The van der Waals surface area contributed by atoms with Crippen LogP contribution in [0, 0.1) is 0 Å². The van der Waals surface area contributed by atoms with Crippen molar-refractivity contribution in [3.8, 4) is 0 Å². The van der Waals surface area contributed by atoms with E-state index in [1.807, 2.05) is 0 Å². The van der Waals surface area contributed by atoms with Gasteiger partial charge in [-0.1, -0.05) is 60.7 Å². The number of benzene rings is 2. The quantitative estimate of drug-likeness (QED) is 0.593. The van der Waals surface area contributed by atoms with Gasteiger partial charge in [-0.2, -0.15) is 17.6 Å². The van der Waals surface area contributed by atoms with Crippen LogP contribution in [-0.4, -0.2) is 33.5 Å². The van der Waals surface area contributed by atoms with Crippen molar-refractivity contribution in [3.63, 3.8) is 0 Å². The molecule has 4 nitrogen and oxygen atoms in total. The topological polar surface area (TPSA) is 40.6 Å². The normalized spacial score (nSPS) is 21.4. The largest absolute Gasteiger partial charge is 0.352 e. The number of hydrogen-bond acceptors (Lipinski definition) is 2. The molecule has 166 valence electrons. The highest BCUT2D eigenvalue weighted by molar-refractivity contribution is 5.98. The molecule has 32 heavy (non-hydrogen) atoms. The first-order chi connectivity index (χ1) is 15.1. The van der Waals surface area contributed by atoms with Crippen molar-refractivity contribution in [2.45, 2.75) is 37.8 Å². The molecule has 0 unspecified atom stereocenters. The van der Waals surface area contributed by atoms with Crippen LogP contribution in [0.25, 0.3) is 0 Å². The summed E-state index contributed by atoms with van der Waals surface area (Å²) in [7, 11) is 0. The van der Waals surface area contributed by atoms with E-state index in [1.54, 1.807) is 60.7 Å². The number of alkyl halides is 4. The Morgan fingerprint density at radius 2 is 0.938 bits per heavy atom. The third kappa shape index (κ3) is 3.30. The van der Waals surface area contributed by atoms with Gasteiger partial charge in [-0.25, -0.2) is 0 Å². The molecule has 0 aliphatic carbocycles. The second kappa shape index (κ2) is 7.62. The molecule has 2 aromatic rings. The fourth-order valence-corrected chi connectivity index (χ4v) is 3.95. The fraction of sp³-hybridized carbons (Fsp3) is 0.250. The zero-order valence-corrected chi connectivity index (χ0v) is 17.3. The Morgan fingerprint density at radius 1 is 0.625 bits per heavy atom. The standard InChI is InChI=1S/C24H20F4N2O2/c1-15(17-9-5-3-6-10-17)29-13-19(23(25,26)21(29)31)20-14-30(22(32)24(20,27)28)16(2)18-11-7-4-8-12-18/h3-16H,1-2H3/t15-,16-/m0/s1. The van der Waals surface area contributed by atoms with Crippen LogP contribution >= 0.6 is 0 Å². The minimum absolute atomic E-state index is 0.566. The molecule has 2 aliphatic heterocycles. The van der Waals surface area contributed by atoms with E-state index < -0.39 is 46.9 Å². The van der Waals surface area contributed by atoms with Crippen LogP contribution < -0.4 is 0 Å².